The van der Waals surface area contributed by atoms with Gasteiger partial charge < -0.3 is 10.1 Å². The first kappa shape index (κ1) is 23.4. The number of rotatable bonds is 5. The van der Waals surface area contributed by atoms with Gasteiger partial charge in [0.05, 0.1) is 17.6 Å². The molecule has 1 fully saturated rings. The van der Waals surface area contributed by atoms with Crippen molar-refractivity contribution in [1.82, 2.24) is 4.31 Å². The van der Waals surface area contributed by atoms with Crippen molar-refractivity contribution in [3.63, 3.8) is 0 Å². The number of ether oxygens (including phenoxy) is 1. The van der Waals surface area contributed by atoms with Crippen LogP contribution in [0.2, 0.25) is 0 Å². The highest BCUT2D eigenvalue weighted by Gasteiger charge is 2.31. The first-order valence-corrected chi connectivity index (χ1v) is 12.4. The van der Waals surface area contributed by atoms with Gasteiger partial charge in [0.2, 0.25) is 10.0 Å². The Kier molecular flexibility index (Phi) is 6.88. The summed E-state index contributed by atoms with van der Waals surface area (Å²) in [5.74, 6) is -0.310. The molecule has 3 rings (SSSR count). The lowest BCUT2D eigenvalue weighted by Gasteiger charge is -2.34. The van der Waals surface area contributed by atoms with E-state index in [2.05, 4.69) is 19.2 Å². The molecule has 1 aliphatic heterocycles. The topological polar surface area (TPSA) is 92.8 Å². The van der Waals surface area contributed by atoms with Gasteiger partial charge in [0.15, 0.2) is 0 Å². The molecular formula is C22H28N2O5S2. The molecule has 1 aromatic heterocycles. The van der Waals surface area contributed by atoms with E-state index >= 15 is 0 Å². The lowest BCUT2D eigenvalue weighted by Crippen LogP contribution is -2.42. The summed E-state index contributed by atoms with van der Waals surface area (Å²) in [5, 5.41) is 3.17. The van der Waals surface area contributed by atoms with Crippen LogP contribution in [0, 0.1) is 25.7 Å². The highest BCUT2D eigenvalue weighted by Crippen LogP contribution is 2.33. The molecule has 7 nitrogen and oxygen atoms in total. The van der Waals surface area contributed by atoms with E-state index in [9.17, 15) is 18.0 Å². The molecule has 1 aromatic carbocycles. The number of thiophene rings is 1. The van der Waals surface area contributed by atoms with Gasteiger partial charge in [0.1, 0.15) is 5.00 Å². The number of carbonyl (C=O) groups is 2. The number of hydrogen-bond donors (Lipinski definition) is 1. The fraction of sp³-hybridized carbons (Fsp3) is 0.455. The minimum Gasteiger partial charge on any atom is -0.465 e. The largest absolute Gasteiger partial charge is 0.465 e. The summed E-state index contributed by atoms with van der Waals surface area (Å²) in [5.41, 5.74) is 1.41. The molecule has 0 spiro atoms. The molecule has 31 heavy (non-hydrogen) atoms. The van der Waals surface area contributed by atoms with Crippen LogP contribution < -0.4 is 5.32 Å². The zero-order chi connectivity index (χ0) is 22.9. The number of amides is 1. The first-order valence-electron chi connectivity index (χ1n) is 10.1. The molecule has 0 aliphatic carbocycles. The molecule has 9 heteroatoms. The van der Waals surface area contributed by atoms with E-state index in [0.29, 0.717) is 41.1 Å². The van der Waals surface area contributed by atoms with Crippen molar-refractivity contribution in [1.29, 1.82) is 0 Å². The van der Waals surface area contributed by atoms with Gasteiger partial charge in [-0.2, -0.15) is 4.31 Å². The van der Waals surface area contributed by atoms with Crippen molar-refractivity contribution >= 4 is 38.2 Å². The third kappa shape index (κ3) is 4.83. The Bertz CT molecular complexity index is 1080. The highest BCUT2D eigenvalue weighted by atomic mass is 32.2. The van der Waals surface area contributed by atoms with Gasteiger partial charge in [0.25, 0.3) is 5.91 Å². The predicted octanol–water partition coefficient (Wildman–Crippen LogP) is 4.07. The van der Waals surface area contributed by atoms with Crippen LogP contribution in [0.5, 0.6) is 0 Å². The van der Waals surface area contributed by atoms with Crippen molar-refractivity contribution < 1.29 is 22.7 Å². The van der Waals surface area contributed by atoms with Gasteiger partial charge in [-0.15, -0.1) is 11.3 Å². The molecule has 168 valence electrons. The third-order valence-electron chi connectivity index (χ3n) is 5.59. The minimum atomic E-state index is -3.61. The number of carbonyl (C=O) groups excluding carboxylic acids is 2. The third-order valence-corrected chi connectivity index (χ3v) is 8.56. The number of aryl methyl sites for hydroxylation is 1. The number of esters is 1. The van der Waals surface area contributed by atoms with Crippen LogP contribution in [-0.2, 0) is 14.8 Å². The summed E-state index contributed by atoms with van der Waals surface area (Å²) in [6.07, 6.45) is 1.01. The summed E-state index contributed by atoms with van der Waals surface area (Å²) >= 11 is 1.30. The molecule has 0 saturated carbocycles. The maximum Gasteiger partial charge on any atom is 0.341 e. The first-order chi connectivity index (χ1) is 14.5. The van der Waals surface area contributed by atoms with Gasteiger partial charge in [-0.05, 0) is 61.9 Å². The molecule has 2 unspecified atom stereocenters. The van der Waals surface area contributed by atoms with E-state index in [-0.39, 0.29) is 4.90 Å². The van der Waals surface area contributed by atoms with E-state index in [1.807, 2.05) is 6.92 Å². The Morgan fingerprint density at radius 3 is 2.23 bits per heavy atom. The van der Waals surface area contributed by atoms with Gasteiger partial charge in [-0.1, -0.05) is 13.8 Å². The van der Waals surface area contributed by atoms with Crippen LogP contribution in [-0.4, -0.2) is 44.8 Å². The molecule has 2 aromatic rings. The van der Waals surface area contributed by atoms with Crippen molar-refractivity contribution in [2.75, 3.05) is 25.5 Å². The van der Waals surface area contributed by atoms with E-state index in [0.717, 1.165) is 16.9 Å². The van der Waals surface area contributed by atoms with E-state index in [1.54, 1.807) is 6.92 Å². The van der Waals surface area contributed by atoms with E-state index in [1.165, 1.54) is 47.0 Å². The number of nitrogens with zero attached hydrogens (tertiary/aromatic N) is 1. The molecule has 0 bridgehead atoms. The average molecular weight is 465 g/mol. The lowest BCUT2D eigenvalue weighted by atomic mass is 9.94. The Balaban J connectivity index is 1.80. The summed E-state index contributed by atoms with van der Waals surface area (Å²) < 4.78 is 32.4. The Hall–Kier alpha value is -2.23. The van der Waals surface area contributed by atoms with Crippen molar-refractivity contribution in [3.05, 3.63) is 45.8 Å². The normalized spacial score (nSPS) is 19.8. The second-order valence-electron chi connectivity index (χ2n) is 8.23. The van der Waals surface area contributed by atoms with Crippen molar-refractivity contribution in [2.24, 2.45) is 11.8 Å². The summed E-state index contributed by atoms with van der Waals surface area (Å²) in [4.78, 5) is 25.9. The highest BCUT2D eigenvalue weighted by molar-refractivity contribution is 7.89. The number of benzene rings is 1. The molecule has 1 saturated heterocycles. The zero-order valence-electron chi connectivity index (χ0n) is 18.4. The fourth-order valence-electron chi connectivity index (χ4n) is 3.97. The molecule has 1 amide bonds. The van der Waals surface area contributed by atoms with Crippen LogP contribution in [0.15, 0.2) is 29.2 Å². The van der Waals surface area contributed by atoms with E-state index in [4.69, 9.17) is 4.74 Å². The Morgan fingerprint density at radius 1 is 1.10 bits per heavy atom. The average Bonchev–Trinajstić information content (AvgIpc) is 3.00. The quantitative estimate of drug-likeness (QED) is 0.674. The van der Waals surface area contributed by atoms with Crippen LogP contribution in [0.1, 0.15) is 51.4 Å². The SMILES string of the molecule is COC(=O)c1c(NC(=O)c2ccc(S(=O)(=O)N3CC(C)CC(C)C3)cc2)sc(C)c1C. The van der Waals surface area contributed by atoms with Crippen LogP contribution >= 0.6 is 11.3 Å². The maximum atomic E-state index is 13.0. The molecule has 1 aliphatic rings. The fourth-order valence-corrected chi connectivity index (χ4v) is 6.69. The van der Waals surface area contributed by atoms with Crippen molar-refractivity contribution in [3.8, 4) is 0 Å². The predicted molar refractivity (Wildman–Crippen MR) is 121 cm³/mol. The number of methoxy groups -OCH3 is 1. The minimum absolute atomic E-state index is 0.170. The van der Waals surface area contributed by atoms with Gasteiger partial charge in [-0.25, -0.2) is 13.2 Å². The summed E-state index contributed by atoms with van der Waals surface area (Å²) in [7, 11) is -2.32. The molecule has 0 radical (unpaired) electrons. The number of anilines is 1. The Morgan fingerprint density at radius 2 is 1.68 bits per heavy atom. The standard InChI is InChI=1S/C22H28N2O5S2/c1-13-10-14(2)12-24(11-13)31(27,28)18-8-6-17(7-9-18)20(25)23-21-19(22(26)29-5)15(3)16(4)30-21/h6-9,13-14H,10-12H2,1-5H3,(H,23,25). The Labute approximate surface area is 187 Å². The summed E-state index contributed by atoms with van der Waals surface area (Å²) in [6.45, 7) is 8.79. The van der Waals surface area contributed by atoms with Crippen LogP contribution in [0.3, 0.4) is 0 Å². The van der Waals surface area contributed by atoms with E-state index < -0.39 is 21.9 Å². The van der Waals surface area contributed by atoms with Gasteiger partial charge in [-0.3, -0.25) is 4.79 Å². The number of sulfonamides is 1. The van der Waals surface area contributed by atoms with Crippen LogP contribution in [0.25, 0.3) is 0 Å². The van der Waals surface area contributed by atoms with Crippen LogP contribution in [0.4, 0.5) is 5.00 Å². The smallest absolute Gasteiger partial charge is 0.341 e. The molecule has 2 atom stereocenters. The second kappa shape index (κ2) is 9.10. The molecular weight excluding hydrogens is 436 g/mol. The molecule has 2 heterocycles. The van der Waals surface area contributed by atoms with Gasteiger partial charge in [0, 0.05) is 23.5 Å². The number of piperidine rings is 1. The monoisotopic (exact) mass is 464 g/mol. The van der Waals surface area contributed by atoms with Crippen molar-refractivity contribution in [2.45, 2.75) is 39.0 Å². The number of hydrogen-bond acceptors (Lipinski definition) is 6. The maximum absolute atomic E-state index is 13.0. The second-order valence-corrected chi connectivity index (χ2v) is 11.4. The zero-order valence-corrected chi connectivity index (χ0v) is 20.0. The van der Waals surface area contributed by atoms with Gasteiger partial charge >= 0.3 is 5.97 Å². The lowest BCUT2D eigenvalue weighted by molar-refractivity contribution is 0.0601. The summed E-state index contributed by atoms with van der Waals surface area (Å²) in [6, 6.07) is 5.90. The molecule has 1 N–H and O–H groups in total. The number of nitrogens with one attached hydrogen (secondary N) is 1.